The van der Waals surface area contributed by atoms with Crippen LogP contribution in [0.3, 0.4) is 0 Å². The fourth-order valence-electron chi connectivity index (χ4n) is 1.58. The van der Waals surface area contributed by atoms with Crippen LogP contribution in [0.25, 0.3) is 10.8 Å². The summed E-state index contributed by atoms with van der Waals surface area (Å²) in [4.78, 5) is 4.35. The highest BCUT2D eigenvalue weighted by molar-refractivity contribution is 5.91. The van der Waals surface area contributed by atoms with Gasteiger partial charge in [-0.05, 0) is 18.4 Å². The number of pyridine rings is 1. The lowest BCUT2D eigenvalue weighted by Crippen LogP contribution is -2.18. The van der Waals surface area contributed by atoms with E-state index in [9.17, 15) is 0 Å². The standard InChI is InChI=1S/C13H16N2O/c1-10(16-2)9-15-13-12-6-4-3-5-11(12)7-8-14-13/h3-8,10H,9H2,1-2H3,(H,14,15). The molecule has 0 saturated carbocycles. The van der Waals surface area contributed by atoms with E-state index in [0.29, 0.717) is 0 Å². The molecule has 16 heavy (non-hydrogen) atoms. The number of methoxy groups -OCH3 is 1. The first-order valence-electron chi connectivity index (χ1n) is 5.41. The number of ether oxygens (including phenoxy) is 1. The van der Waals surface area contributed by atoms with Gasteiger partial charge in [0.1, 0.15) is 5.82 Å². The van der Waals surface area contributed by atoms with Gasteiger partial charge in [-0.2, -0.15) is 0 Å². The van der Waals surface area contributed by atoms with Crippen LogP contribution in [-0.4, -0.2) is 24.7 Å². The van der Waals surface area contributed by atoms with Crippen molar-refractivity contribution in [2.45, 2.75) is 13.0 Å². The maximum Gasteiger partial charge on any atom is 0.133 e. The average Bonchev–Trinajstić information content (AvgIpc) is 2.35. The molecule has 1 N–H and O–H groups in total. The van der Waals surface area contributed by atoms with Crippen LogP contribution in [0.1, 0.15) is 6.92 Å². The number of benzene rings is 1. The number of hydrogen-bond donors (Lipinski definition) is 1. The molecule has 2 rings (SSSR count). The van der Waals surface area contributed by atoms with Crippen molar-refractivity contribution in [3.05, 3.63) is 36.5 Å². The van der Waals surface area contributed by atoms with Crippen molar-refractivity contribution in [3.8, 4) is 0 Å². The zero-order valence-electron chi connectivity index (χ0n) is 9.60. The quantitative estimate of drug-likeness (QED) is 0.853. The van der Waals surface area contributed by atoms with Crippen LogP contribution in [0.2, 0.25) is 0 Å². The lowest BCUT2D eigenvalue weighted by Gasteiger charge is -2.12. The highest BCUT2D eigenvalue weighted by atomic mass is 16.5. The molecule has 3 heteroatoms. The van der Waals surface area contributed by atoms with Gasteiger partial charge in [0, 0.05) is 25.2 Å². The van der Waals surface area contributed by atoms with Crippen LogP contribution in [0, 0.1) is 0 Å². The maximum atomic E-state index is 5.19. The molecule has 0 amide bonds. The van der Waals surface area contributed by atoms with Gasteiger partial charge in [0.05, 0.1) is 6.10 Å². The summed E-state index contributed by atoms with van der Waals surface area (Å²) in [7, 11) is 1.71. The fourth-order valence-corrected chi connectivity index (χ4v) is 1.58. The number of nitrogens with one attached hydrogen (secondary N) is 1. The molecule has 1 aromatic heterocycles. The average molecular weight is 216 g/mol. The van der Waals surface area contributed by atoms with Crippen LogP contribution >= 0.6 is 0 Å². The van der Waals surface area contributed by atoms with Crippen LogP contribution in [-0.2, 0) is 4.74 Å². The number of nitrogens with zero attached hydrogens (tertiary/aromatic N) is 1. The fraction of sp³-hybridized carbons (Fsp3) is 0.308. The molecule has 1 atom stereocenters. The van der Waals surface area contributed by atoms with E-state index in [2.05, 4.69) is 22.4 Å². The monoisotopic (exact) mass is 216 g/mol. The molecular weight excluding hydrogens is 200 g/mol. The van der Waals surface area contributed by atoms with Gasteiger partial charge >= 0.3 is 0 Å². The summed E-state index contributed by atoms with van der Waals surface area (Å²) in [5.74, 6) is 0.919. The molecule has 0 radical (unpaired) electrons. The maximum absolute atomic E-state index is 5.19. The SMILES string of the molecule is COC(C)CNc1nccc2ccccc12. The van der Waals surface area contributed by atoms with Crippen LogP contribution in [0.15, 0.2) is 36.5 Å². The second kappa shape index (κ2) is 4.94. The van der Waals surface area contributed by atoms with E-state index in [1.165, 1.54) is 5.39 Å². The Morgan fingerprint density at radius 3 is 2.94 bits per heavy atom. The van der Waals surface area contributed by atoms with Gasteiger partial charge in [-0.3, -0.25) is 0 Å². The summed E-state index contributed by atoms with van der Waals surface area (Å²) in [6, 6.07) is 10.2. The van der Waals surface area contributed by atoms with Crippen LogP contribution in [0.4, 0.5) is 5.82 Å². The minimum atomic E-state index is 0.181. The Balaban J connectivity index is 2.23. The van der Waals surface area contributed by atoms with Crippen molar-refractivity contribution >= 4 is 16.6 Å². The third kappa shape index (κ3) is 2.31. The Hall–Kier alpha value is -1.61. The molecule has 3 nitrogen and oxygen atoms in total. The lowest BCUT2D eigenvalue weighted by atomic mass is 10.1. The van der Waals surface area contributed by atoms with Gasteiger partial charge in [-0.15, -0.1) is 0 Å². The summed E-state index contributed by atoms with van der Waals surface area (Å²) in [5, 5.41) is 5.65. The first-order valence-corrected chi connectivity index (χ1v) is 5.41. The van der Waals surface area contributed by atoms with Gasteiger partial charge in [-0.1, -0.05) is 24.3 Å². The van der Waals surface area contributed by atoms with Crippen molar-refractivity contribution in [3.63, 3.8) is 0 Å². The highest BCUT2D eigenvalue weighted by Crippen LogP contribution is 2.20. The van der Waals surface area contributed by atoms with E-state index < -0.39 is 0 Å². The molecule has 84 valence electrons. The summed E-state index contributed by atoms with van der Waals surface area (Å²) in [6.45, 7) is 2.79. The summed E-state index contributed by atoms with van der Waals surface area (Å²) < 4.78 is 5.19. The summed E-state index contributed by atoms with van der Waals surface area (Å²) in [5.41, 5.74) is 0. The minimum Gasteiger partial charge on any atom is -0.380 e. The van der Waals surface area contributed by atoms with E-state index in [4.69, 9.17) is 4.74 Å². The molecule has 0 spiro atoms. The summed E-state index contributed by atoms with van der Waals surface area (Å²) >= 11 is 0. The van der Waals surface area contributed by atoms with Crippen molar-refractivity contribution in [2.75, 3.05) is 19.0 Å². The van der Waals surface area contributed by atoms with Crippen LogP contribution in [0.5, 0.6) is 0 Å². The van der Waals surface area contributed by atoms with Gasteiger partial charge in [-0.25, -0.2) is 4.98 Å². The molecule has 1 heterocycles. The lowest BCUT2D eigenvalue weighted by molar-refractivity contribution is 0.128. The third-order valence-electron chi connectivity index (χ3n) is 2.63. The van der Waals surface area contributed by atoms with E-state index in [0.717, 1.165) is 17.7 Å². The predicted octanol–water partition coefficient (Wildman–Crippen LogP) is 2.68. The molecule has 1 unspecified atom stereocenters. The molecule has 0 aliphatic carbocycles. The largest absolute Gasteiger partial charge is 0.380 e. The molecule has 1 aromatic carbocycles. The number of anilines is 1. The Bertz CT molecular complexity index is 465. The second-order valence-electron chi connectivity index (χ2n) is 3.81. The Labute approximate surface area is 95.5 Å². The molecule has 0 aliphatic rings. The molecule has 0 bridgehead atoms. The first kappa shape index (κ1) is 10.9. The zero-order chi connectivity index (χ0) is 11.4. The second-order valence-corrected chi connectivity index (χ2v) is 3.81. The Kier molecular flexibility index (Phi) is 3.37. The molecule has 0 saturated heterocycles. The topological polar surface area (TPSA) is 34.1 Å². The zero-order valence-corrected chi connectivity index (χ0v) is 9.60. The number of aromatic nitrogens is 1. The molecule has 0 aliphatic heterocycles. The van der Waals surface area contributed by atoms with Crippen molar-refractivity contribution in [2.24, 2.45) is 0 Å². The van der Waals surface area contributed by atoms with E-state index >= 15 is 0 Å². The highest BCUT2D eigenvalue weighted by Gasteiger charge is 2.03. The third-order valence-corrected chi connectivity index (χ3v) is 2.63. The van der Waals surface area contributed by atoms with E-state index in [1.807, 2.05) is 31.3 Å². The van der Waals surface area contributed by atoms with Crippen LogP contribution < -0.4 is 5.32 Å². The van der Waals surface area contributed by atoms with E-state index in [-0.39, 0.29) is 6.10 Å². The number of rotatable bonds is 4. The van der Waals surface area contributed by atoms with Crippen molar-refractivity contribution in [1.82, 2.24) is 4.98 Å². The summed E-state index contributed by atoms with van der Waals surface area (Å²) in [6.07, 6.45) is 2.00. The molecular formula is C13H16N2O. The van der Waals surface area contributed by atoms with Gasteiger partial charge in [0.25, 0.3) is 0 Å². The minimum absolute atomic E-state index is 0.181. The van der Waals surface area contributed by atoms with Gasteiger partial charge < -0.3 is 10.1 Å². The Morgan fingerprint density at radius 1 is 1.31 bits per heavy atom. The van der Waals surface area contributed by atoms with Crippen molar-refractivity contribution < 1.29 is 4.74 Å². The van der Waals surface area contributed by atoms with E-state index in [1.54, 1.807) is 7.11 Å². The van der Waals surface area contributed by atoms with Gasteiger partial charge in [0.15, 0.2) is 0 Å². The first-order chi connectivity index (χ1) is 7.81. The molecule has 0 fully saturated rings. The predicted molar refractivity (Wildman–Crippen MR) is 66.7 cm³/mol. The smallest absolute Gasteiger partial charge is 0.133 e. The number of fused-ring (bicyclic) bond motifs is 1. The van der Waals surface area contributed by atoms with Crippen molar-refractivity contribution in [1.29, 1.82) is 0 Å². The molecule has 2 aromatic rings. The normalized spacial score (nSPS) is 12.6. The van der Waals surface area contributed by atoms with Gasteiger partial charge in [0.2, 0.25) is 0 Å². The Morgan fingerprint density at radius 2 is 2.12 bits per heavy atom. The number of hydrogen-bond acceptors (Lipinski definition) is 3.